The average Bonchev–Trinajstić information content (AvgIpc) is 3.51. The molecule has 168 valence electrons. The number of aromatic nitrogens is 1. The first-order valence-corrected chi connectivity index (χ1v) is 12.0. The highest BCUT2D eigenvalue weighted by Gasteiger charge is 2.45. The van der Waals surface area contributed by atoms with Crippen LogP contribution in [0, 0.1) is 27.9 Å². The lowest BCUT2D eigenvalue weighted by Gasteiger charge is -2.18. The number of nitrogens with one attached hydrogen (secondary N) is 2. The fraction of sp³-hybridized carbons (Fsp3) is 0.227. The van der Waals surface area contributed by atoms with Crippen LogP contribution in [0.15, 0.2) is 47.3 Å². The van der Waals surface area contributed by atoms with E-state index in [1.807, 2.05) is 22.6 Å². The summed E-state index contributed by atoms with van der Waals surface area (Å²) in [5.41, 5.74) is 0.967. The van der Waals surface area contributed by atoms with Crippen LogP contribution in [0.4, 0.5) is 30.4 Å². The van der Waals surface area contributed by atoms with Crippen molar-refractivity contribution in [3.05, 3.63) is 85.0 Å². The molecule has 3 aromatic rings. The summed E-state index contributed by atoms with van der Waals surface area (Å²) in [5.74, 6) is -1.88. The van der Waals surface area contributed by atoms with Crippen LogP contribution in [0.1, 0.15) is 23.5 Å². The van der Waals surface area contributed by atoms with E-state index in [0.29, 0.717) is 23.2 Å². The molecule has 1 aliphatic carbocycles. The van der Waals surface area contributed by atoms with Gasteiger partial charge in [-0.1, -0.05) is 6.07 Å². The molecule has 0 aliphatic heterocycles. The summed E-state index contributed by atoms with van der Waals surface area (Å²) in [6, 6.07) is 9.53. The Morgan fingerprint density at radius 2 is 1.81 bits per heavy atom. The van der Waals surface area contributed by atoms with Crippen molar-refractivity contribution >= 4 is 50.8 Å². The quantitative estimate of drug-likeness (QED) is 0.404. The van der Waals surface area contributed by atoms with E-state index in [9.17, 15) is 22.2 Å². The number of hydrogen-bond donors (Lipinski definition) is 2. The van der Waals surface area contributed by atoms with Crippen molar-refractivity contribution in [1.82, 2.24) is 4.57 Å². The molecule has 1 heterocycles. The molecule has 2 N–H and O–H groups in total. The van der Waals surface area contributed by atoms with Crippen molar-refractivity contribution in [2.75, 3.05) is 10.0 Å². The molecule has 1 aromatic heterocycles. The third kappa shape index (κ3) is 4.56. The van der Waals surface area contributed by atoms with Gasteiger partial charge in [0.1, 0.15) is 34.3 Å². The molecular weight excluding hydrogens is 554 g/mol. The maximum atomic E-state index is 14.4. The first kappa shape index (κ1) is 22.8. The van der Waals surface area contributed by atoms with E-state index in [-0.39, 0.29) is 28.2 Å². The van der Waals surface area contributed by atoms with Gasteiger partial charge in [0.05, 0.1) is 16.6 Å². The van der Waals surface area contributed by atoms with Crippen LogP contribution in [0.3, 0.4) is 0 Å². The Bertz CT molecular complexity index is 1300. The predicted octanol–water partition coefficient (Wildman–Crippen LogP) is 5.09. The number of hydrogen-bond acceptors (Lipinski definition) is 3. The van der Waals surface area contributed by atoms with Gasteiger partial charge in [-0.2, -0.15) is 0 Å². The fourth-order valence-electron chi connectivity index (χ4n) is 3.56. The Balaban J connectivity index is 1.61. The van der Waals surface area contributed by atoms with Crippen molar-refractivity contribution in [2.45, 2.75) is 24.5 Å². The van der Waals surface area contributed by atoms with E-state index in [2.05, 4.69) is 10.0 Å². The predicted molar refractivity (Wildman–Crippen MR) is 128 cm³/mol. The molecule has 1 fully saturated rings. The number of benzene rings is 2. The van der Waals surface area contributed by atoms with Crippen LogP contribution in [0.2, 0.25) is 0 Å². The van der Waals surface area contributed by atoms with Gasteiger partial charge in [0.25, 0.3) is 5.56 Å². The molecule has 1 aliphatic rings. The van der Waals surface area contributed by atoms with E-state index in [1.165, 1.54) is 29.8 Å². The van der Waals surface area contributed by atoms with Gasteiger partial charge in [-0.25, -0.2) is 17.4 Å². The third-order valence-corrected chi connectivity index (χ3v) is 7.52. The van der Waals surface area contributed by atoms with Gasteiger partial charge in [0.2, 0.25) is 0 Å². The molecule has 1 saturated carbocycles. The van der Waals surface area contributed by atoms with Gasteiger partial charge in [-0.15, -0.1) is 0 Å². The zero-order valence-electron chi connectivity index (χ0n) is 17.1. The van der Waals surface area contributed by atoms with Crippen LogP contribution < -0.4 is 15.6 Å². The van der Waals surface area contributed by atoms with Gasteiger partial charge < -0.3 is 10.0 Å². The molecule has 3 unspecified atom stereocenters. The molecule has 0 spiro atoms. The first-order valence-electron chi connectivity index (χ1n) is 9.70. The summed E-state index contributed by atoms with van der Waals surface area (Å²) in [6.45, 7) is 1.62. The summed E-state index contributed by atoms with van der Waals surface area (Å²) in [5, 5.41) is 2.53. The normalized spacial score (nSPS) is 18.3. The maximum absolute atomic E-state index is 14.4. The number of halogens is 4. The maximum Gasteiger partial charge on any atom is 0.254 e. The lowest BCUT2D eigenvalue weighted by Crippen LogP contribution is -2.24. The van der Waals surface area contributed by atoms with Crippen LogP contribution in [-0.2, 0) is 18.0 Å². The van der Waals surface area contributed by atoms with E-state index < -0.39 is 28.4 Å². The number of pyridine rings is 1. The van der Waals surface area contributed by atoms with Crippen LogP contribution in [0.5, 0.6) is 0 Å². The molecule has 5 nitrogen and oxygen atoms in total. The summed E-state index contributed by atoms with van der Waals surface area (Å²) in [6.07, 6.45) is 0.474. The van der Waals surface area contributed by atoms with Crippen LogP contribution in [0.25, 0.3) is 0 Å². The third-order valence-electron chi connectivity index (χ3n) is 5.36. The highest BCUT2D eigenvalue weighted by Crippen LogP contribution is 2.46. The fourth-order valence-corrected chi connectivity index (χ4v) is 5.37. The highest BCUT2D eigenvalue weighted by molar-refractivity contribution is 14.1. The van der Waals surface area contributed by atoms with E-state index in [0.717, 1.165) is 9.64 Å². The molecule has 2 aromatic carbocycles. The van der Waals surface area contributed by atoms with Crippen molar-refractivity contribution in [2.24, 2.45) is 7.05 Å². The Morgan fingerprint density at radius 1 is 1.06 bits per heavy atom. The lowest BCUT2D eigenvalue weighted by atomic mass is 10.1. The zero-order chi connectivity index (χ0) is 23.2. The number of aryl methyl sites for hydroxylation is 1. The number of rotatable bonds is 6. The standard InChI is InChI=1S/C22H19F3IN3O2S/c1-11-7-19(21(29(2)22(11)30)27-18-6-4-13(26)9-17(18)25)28-32(31)20-10-15(20)14-5-3-12(23)8-16(14)24/h3-9,15,20,27-28H,10H2,1-2H3. The molecule has 0 bridgehead atoms. The molecule has 32 heavy (non-hydrogen) atoms. The van der Waals surface area contributed by atoms with E-state index in [4.69, 9.17) is 0 Å². The van der Waals surface area contributed by atoms with Gasteiger partial charge in [-0.05, 0) is 71.8 Å². The largest absolute Gasteiger partial charge is 0.337 e. The molecule has 0 radical (unpaired) electrons. The molecule has 0 amide bonds. The average molecular weight is 573 g/mol. The Morgan fingerprint density at radius 3 is 2.50 bits per heavy atom. The Hall–Kier alpha value is -2.34. The van der Waals surface area contributed by atoms with Crippen LogP contribution >= 0.6 is 22.6 Å². The van der Waals surface area contributed by atoms with E-state index >= 15 is 0 Å². The first-order chi connectivity index (χ1) is 15.2. The topological polar surface area (TPSA) is 63.1 Å². The SMILES string of the molecule is Cc1cc(NS(=O)C2CC2c2ccc(F)cc2F)c(Nc2ccc(I)cc2F)n(C)c1=O. The molecular formula is C22H19F3IN3O2S. The minimum absolute atomic E-state index is 0.163. The monoisotopic (exact) mass is 573 g/mol. The summed E-state index contributed by atoms with van der Waals surface area (Å²) >= 11 is 1.99. The highest BCUT2D eigenvalue weighted by atomic mass is 127. The van der Waals surface area contributed by atoms with Gasteiger partial charge >= 0.3 is 0 Å². The molecule has 0 saturated heterocycles. The second kappa shape index (κ2) is 8.89. The minimum Gasteiger partial charge on any atom is -0.337 e. The second-order valence-electron chi connectivity index (χ2n) is 7.65. The summed E-state index contributed by atoms with van der Waals surface area (Å²) in [7, 11) is -0.0850. The minimum atomic E-state index is -1.62. The van der Waals surface area contributed by atoms with Crippen molar-refractivity contribution in [3.63, 3.8) is 0 Å². The zero-order valence-corrected chi connectivity index (χ0v) is 20.1. The van der Waals surface area contributed by atoms with Crippen LogP contribution in [-0.4, -0.2) is 14.0 Å². The van der Waals surface area contributed by atoms with Crippen molar-refractivity contribution < 1.29 is 17.4 Å². The Labute approximate surface area is 198 Å². The second-order valence-corrected chi connectivity index (χ2v) is 10.3. The van der Waals surface area contributed by atoms with Crippen molar-refractivity contribution in [1.29, 1.82) is 0 Å². The Kier molecular flexibility index (Phi) is 6.35. The lowest BCUT2D eigenvalue weighted by molar-refractivity contribution is 0.572. The smallest absolute Gasteiger partial charge is 0.254 e. The van der Waals surface area contributed by atoms with Gasteiger partial charge in [-0.3, -0.25) is 9.36 Å². The molecule has 3 atom stereocenters. The molecule has 4 rings (SSSR count). The van der Waals surface area contributed by atoms with Crippen molar-refractivity contribution in [3.8, 4) is 0 Å². The summed E-state index contributed by atoms with van der Waals surface area (Å²) in [4.78, 5) is 12.5. The molecule has 10 heteroatoms. The number of anilines is 3. The summed E-state index contributed by atoms with van der Waals surface area (Å²) < 4.78 is 59.6. The van der Waals surface area contributed by atoms with E-state index in [1.54, 1.807) is 25.1 Å². The number of nitrogens with zero attached hydrogens (tertiary/aromatic N) is 1. The van der Waals surface area contributed by atoms with Gasteiger partial charge in [0.15, 0.2) is 0 Å². The van der Waals surface area contributed by atoms with Gasteiger partial charge in [0, 0.05) is 28.2 Å².